The molecule has 10 heteroatoms. The van der Waals surface area contributed by atoms with Gasteiger partial charge in [-0.15, -0.1) is 23.1 Å². The Morgan fingerprint density at radius 2 is 2.35 bits per heavy atom. The van der Waals surface area contributed by atoms with E-state index in [2.05, 4.69) is 10.3 Å². The molecule has 23 heavy (non-hydrogen) atoms. The molecule has 1 saturated heterocycles. The molecule has 1 aromatic rings. The maximum atomic E-state index is 12.3. The van der Waals surface area contributed by atoms with Crippen LogP contribution in [0.3, 0.4) is 0 Å². The third-order valence-corrected chi connectivity index (χ3v) is 5.91. The molecular weight excluding hydrogens is 340 g/mol. The highest BCUT2D eigenvalue weighted by molar-refractivity contribution is 8.00. The SMILES string of the molecule is Nc1nc(CC(=O)N[C@@H]2C(=O)N3C4=C(COC4=O)CS[C@@H]23)cs1. The van der Waals surface area contributed by atoms with Crippen molar-refractivity contribution in [3.8, 4) is 0 Å². The van der Waals surface area contributed by atoms with E-state index in [1.54, 1.807) is 5.38 Å². The Labute approximate surface area is 139 Å². The van der Waals surface area contributed by atoms with E-state index < -0.39 is 12.0 Å². The topological polar surface area (TPSA) is 115 Å². The number of cyclic esters (lactones) is 1. The fourth-order valence-electron chi connectivity index (χ4n) is 2.80. The first kappa shape index (κ1) is 14.5. The van der Waals surface area contributed by atoms with Crippen molar-refractivity contribution < 1.29 is 19.1 Å². The van der Waals surface area contributed by atoms with Crippen molar-refractivity contribution in [1.29, 1.82) is 0 Å². The second kappa shape index (κ2) is 5.24. The van der Waals surface area contributed by atoms with Crippen molar-refractivity contribution in [3.63, 3.8) is 0 Å². The number of thiazole rings is 1. The molecule has 3 aliphatic rings. The molecule has 0 aromatic carbocycles. The zero-order valence-corrected chi connectivity index (χ0v) is 13.4. The number of esters is 1. The fraction of sp³-hybridized carbons (Fsp3) is 0.385. The molecule has 0 radical (unpaired) electrons. The summed E-state index contributed by atoms with van der Waals surface area (Å²) in [5, 5.41) is 4.58. The van der Waals surface area contributed by atoms with Crippen molar-refractivity contribution >= 4 is 46.0 Å². The summed E-state index contributed by atoms with van der Waals surface area (Å²) in [5.74, 6) is -0.395. The number of carbonyl (C=O) groups is 3. The van der Waals surface area contributed by atoms with Gasteiger partial charge >= 0.3 is 5.97 Å². The first-order chi connectivity index (χ1) is 11.0. The van der Waals surface area contributed by atoms with Crippen LogP contribution in [0.4, 0.5) is 5.13 Å². The molecule has 0 bridgehead atoms. The Hall–Kier alpha value is -2.07. The van der Waals surface area contributed by atoms with Gasteiger partial charge in [0.15, 0.2) is 5.13 Å². The zero-order valence-electron chi connectivity index (χ0n) is 11.8. The molecule has 4 heterocycles. The maximum absolute atomic E-state index is 12.3. The highest BCUT2D eigenvalue weighted by Crippen LogP contribution is 2.42. The molecule has 0 unspecified atom stereocenters. The third kappa shape index (κ3) is 2.29. The van der Waals surface area contributed by atoms with Crippen LogP contribution in [0.2, 0.25) is 0 Å². The number of rotatable bonds is 3. The summed E-state index contributed by atoms with van der Waals surface area (Å²) < 4.78 is 4.97. The van der Waals surface area contributed by atoms with Gasteiger partial charge in [-0.1, -0.05) is 0 Å². The first-order valence-electron chi connectivity index (χ1n) is 6.87. The molecule has 120 valence electrons. The van der Waals surface area contributed by atoms with Crippen molar-refractivity contribution in [3.05, 3.63) is 22.3 Å². The van der Waals surface area contributed by atoms with Gasteiger partial charge in [0.25, 0.3) is 5.91 Å². The summed E-state index contributed by atoms with van der Waals surface area (Å²) in [6.45, 7) is 0.250. The largest absolute Gasteiger partial charge is 0.456 e. The maximum Gasteiger partial charge on any atom is 0.355 e. The molecule has 2 amide bonds. The van der Waals surface area contributed by atoms with Gasteiger partial charge in [0.1, 0.15) is 23.7 Å². The Morgan fingerprint density at radius 3 is 3.09 bits per heavy atom. The van der Waals surface area contributed by atoms with Gasteiger partial charge in [0.05, 0.1) is 12.1 Å². The fourth-order valence-corrected chi connectivity index (χ4v) is 4.69. The second-order valence-corrected chi connectivity index (χ2v) is 7.33. The highest BCUT2D eigenvalue weighted by atomic mass is 32.2. The van der Waals surface area contributed by atoms with E-state index in [1.807, 2.05) is 0 Å². The highest BCUT2D eigenvalue weighted by Gasteiger charge is 2.55. The predicted octanol–water partition coefficient (Wildman–Crippen LogP) is -0.521. The zero-order chi connectivity index (χ0) is 16.1. The van der Waals surface area contributed by atoms with Gasteiger partial charge in [0, 0.05) is 16.7 Å². The number of nitrogen functional groups attached to an aromatic ring is 1. The molecule has 3 N–H and O–H groups in total. The molecule has 0 aliphatic carbocycles. The number of ether oxygens (including phenoxy) is 1. The standard InChI is InChI=1S/C13H12N4O4S2/c14-13-15-6(4-23-13)1-7(18)16-8-10(19)17-9-5(2-21-12(9)20)3-22-11(8)17/h4,8,11H,1-3H2,(H2,14,15)(H,16,18)/t8-,11+/m1/s1. The lowest BCUT2D eigenvalue weighted by molar-refractivity contribution is -0.150. The molecule has 1 aromatic heterocycles. The molecule has 0 saturated carbocycles. The minimum atomic E-state index is -0.620. The number of fused-ring (bicyclic) bond motifs is 2. The van der Waals surface area contributed by atoms with Crippen LogP contribution in [0.5, 0.6) is 0 Å². The number of hydrogen-bond acceptors (Lipinski definition) is 8. The van der Waals surface area contributed by atoms with E-state index in [-0.39, 0.29) is 30.2 Å². The van der Waals surface area contributed by atoms with Crippen LogP contribution in [-0.2, 0) is 25.5 Å². The summed E-state index contributed by atoms with van der Waals surface area (Å²) in [7, 11) is 0. The average Bonchev–Trinajstić information content (AvgIpc) is 3.10. The minimum Gasteiger partial charge on any atom is -0.456 e. The van der Waals surface area contributed by atoms with Gasteiger partial charge in [-0.05, 0) is 0 Å². The van der Waals surface area contributed by atoms with Crippen LogP contribution >= 0.6 is 23.1 Å². The lowest BCUT2D eigenvalue weighted by atomic mass is 10.0. The Bertz CT molecular complexity index is 759. The lowest BCUT2D eigenvalue weighted by Crippen LogP contribution is -2.70. The predicted molar refractivity (Wildman–Crippen MR) is 83.2 cm³/mol. The summed E-state index contributed by atoms with van der Waals surface area (Å²) in [4.78, 5) is 41.5. The van der Waals surface area contributed by atoms with Gasteiger partial charge < -0.3 is 15.8 Å². The van der Waals surface area contributed by atoms with E-state index in [0.29, 0.717) is 22.3 Å². The number of amides is 2. The third-order valence-electron chi connectivity index (χ3n) is 3.85. The molecule has 0 spiro atoms. The van der Waals surface area contributed by atoms with E-state index >= 15 is 0 Å². The van der Waals surface area contributed by atoms with Crippen molar-refractivity contribution in [2.75, 3.05) is 18.1 Å². The summed E-state index contributed by atoms with van der Waals surface area (Å²) in [6.07, 6.45) is 0.0743. The van der Waals surface area contributed by atoms with Crippen LogP contribution in [0.1, 0.15) is 5.69 Å². The average molecular weight is 352 g/mol. The summed E-state index contributed by atoms with van der Waals surface area (Å²) in [6, 6.07) is -0.620. The number of aromatic nitrogens is 1. The minimum absolute atomic E-state index is 0.0743. The molecular formula is C13H12N4O4S2. The number of nitrogens with one attached hydrogen (secondary N) is 1. The van der Waals surface area contributed by atoms with Crippen LogP contribution < -0.4 is 11.1 Å². The van der Waals surface area contributed by atoms with Crippen LogP contribution in [0.25, 0.3) is 0 Å². The van der Waals surface area contributed by atoms with Gasteiger partial charge in [-0.2, -0.15) is 0 Å². The van der Waals surface area contributed by atoms with Gasteiger partial charge in [0.2, 0.25) is 5.91 Å². The number of thioether (sulfide) groups is 1. The van der Waals surface area contributed by atoms with Gasteiger partial charge in [-0.25, -0.2) is 9.78 Å². The number of nitrogens with two attached hydrogens (primary N) is 1. The molecule has 2 atom stereocenters. The van der Waals surface area contributed by atoms with E-state index in [4.69, 9.17) is 10.5 Å². The monoisotopic (exact) mass is 352 g/mol. The first-order valence-corrected chi connectivity index (χ1v) is 8.80. The quantitative estimate of drug-likeness (QED) is 0.555. The summed E-state index contributed by atoms with van der Waals surface area (Å²) in [5.41, 5.74) is 7.30. The Balaban J connectivity index is 1.43. The van der Waals surface area contributed by atoms with E-state index in [1.165, 1.54) is 28.0 Å². The van der Waals surface area contributed by atoms with E-state index in [0.717, 1.165) is 5.57 Å². The van der Waals surface area contributed by atoms with Gasteiger partial charge in [-0.3, -0.25) is 14.5 Å². The summed E-state index contributed by atoms with van der Waals surface area (Å²) >= 11 is 2.79. The van der Waals surface area contributed by atoms with E-state index in [9.17, 15) is 14.4 Å². The smallest absolute Gasteiger partial charge is 0.355 e. The number of β-lactam (4-membered cyclic amide) rings is 1. The Kier molecular flexibility index (Phi) is 3.31. The molecule has 3 aliphatic heterocycles. The molecule has 4 rings (SSSR count). The van der Waals surface area contributed by atoms with Crippen molar-refractivity contribution in [1.82, 2.24) is 15.2 Å². The number of anilines is 1. The number of carbonyl (C=O) groups excluding carboxylic acids is 3. The van der Waals surface area contributed by atoms with Crippen LogP contribution in [0.15, 0.2) is 16.7 Å². The van der Waals surface area contributed by atoms with Crippen LogP contribution in [-0.4, -0.2) is 51.4 Å². The van der Waals surface area contributed by atoms with Crippen LogP contribution in [0, 0.1) is 0 Å². The number of nitrogens with zero attached hydrogens (tertiary/aromatic N) is 2. The number of hydrogen-bond donors (Lipinski definition) is 2. The molecule has 8 nitrogen and oxygen atoms in total. The van der Waals surface area contributed by atoms with Crippen molar-refractivity contribution in [2.45, 2.75) is 17.8 Å². The Morgan fingerprint density at radius 1 is 1.52 bits per heavy atom. The normalized spacial score (nSPS) is 25.7. The molecule has 1 fully saturated rings. The van der Waals surface area contributed by atoms with Crippen molar-refractivity contribution in [2.24, 2.45) is 0 Å². The lowest BCUT2D eigenvalue weighted by Gasteiger charge is -2.48. The second-order valence-electron chi connectivity index (χ2n) is 5.34.